The monoisotopic (exact) mass is 241 g/mol. The van der Waals surface area contributed by atoms with Gasteiger partial charge < -0.3 is 14.0 Å². The van der Waals surface area contributed by atoms with Crippen LogP contribution in [0.25, 0.3) is 11.1 Å². The van der Waals surface area contributed by atoms with Gasteiger partial charge in [-0.1, -0.05) is 6.07 Å². The first-order valence-corrected chi connectivity index (χ1v) is 6.49. The van der Waals surface area contributed by atoms with Crippen LogP contribution in [0.5, 0.6) is 11.5 Å². The fourth-order valence-corrected chi connectivity index (χ4v) is 2.80. The van der Waals surface area contributed by atoms with Crippen molar-refractivity contribution in [3.63, 3.8) is 0 Å². The summed E-state index contributed by atoms with van der Waals surface area (Å²) in [6, 6.07) is 8.48. The molecular formula is C15H15NO2. The van der Waals surface area contributed by atoms with Gasteiger partial charge in [0.1, 0.15) is 0 Å². The van der Waals surface area contributed by atoms with E-state index in [2.05, 4.69) is 29.0 Å². The lowest BCUT2D eigenvalue weighted by Gasteiger charge is -2.13. The Morgan fingerprint density at radius 3 is 2.83 bits per heavy atom. The zero-order chi connectivity index (χ0) is 11.9. The average molecular weight is 241 g/mol. The molecule has 2 aromatic rings. The highest BCUT2D eigenvalue weighted by atomic mass is 16.7. The maximum Gasteiger partial charge on any atom is 0.231 e. The standard InChI is InChI=1S/C15H15NO2/c1-2-6-16-9-12(7-13(16)3-1)11-4-5-14-15(8-11)18-10-17-14/h4-5,7-9H,1-3,6,10H2. The molecule has 0 saturated carbocycles. The van der Waals surface area contributed by atoms with Gasteiger partial charge in [-0.2, -0.15) is 0 Å². The maximum absolute atomic E-state index is 5.43. The molecule has 3 heterocycles. The highest BCUT2D eigenvalue weighted by Gasteiger charge is 2.16. The summed E-state index contributed by atoms with van der Waals surface area (Å²) in [6.07, 6.45) is 6.06. The van der Waals surface area contributed by atoms with E-state index in [1.807, 2.05) is 6.07 Å². The number of benzene rings is 1. The Balaban J connectivity index is 1.76. The second-order valence-corrected chi connectivity index (χ2v) is 4.94. The van der Waals surface area contributed by atoms with E-state index in [-0.39, 0.29) is 0 Å². The van der Waals surface area contributed by atoms with E-state index in [1.165, 1.54) is 36.1 Å². The highest BCUT2D eigenvalue weighted by molar-refractivity contribution is 5.68. The molecular weight excluding hydrogens is 226 g/mol. The van der Waals surface area contributed by atoms with Crippen molar-refractivity contribution in [3.05, 3.63) is 36.2 Å². The quantitative estimate of drug-likeness (QED) is 0.765. The molecule has 0 saturated heterocycles. The molecule has 1 aromatic heterocycles. The van der Waals surface area contributed by atoms with Crippen LogP contribution in [0.1, 0.15) is 18.5 Å². The van der Waals surface area contributed by atoms with Gasteiger partial charge in [-0.05, 0) is 48.6 Å². The molecule has 0 bridgehead atoms. The van der Waals surface area contributed by atoms with Crippen molar-refractivity contribution < 1.29 is 9.47 Å². The van der Waals surface area contributed by atoms with Crippen molar-refractivity contribution in [2.45, 2.75) is 25.8 Å². The largest absolute Gasteiger partial charge is 0.454 e. The van der Waals surface area contributed by atoms with Crippen LogP contribution < -0.4 is 9.47 Å². The minimum absolute atomic E-state index is 0.338. The Morgan fingerprint density at radius 1 is 0.944 bits per heavy atom. The van der Waals surface area contributed by atoms with E-state index < -0.39 is 0 Å². The summed E-state index contributed by atoms with van der Waals surface area (Å²) in [7, 11) is 0. The summed E-state index contributed by atoms with van der Waals surface area (Å²) in [4.78, 5) is 0. The summed E-state index contributed by atoms with van der Waals surface area (Å²) in [5, 5.41) is 0. The van der Waals surface area contributed by atoms with Crippen molar-refractivity contribution in [1.82, 2.24) is 4.57 Å². The van der Waals surface area contributed by atoms with Gasteiger partial charge >= 0.3 is 0 Å². The average Bonchev–Trinajstić information content (AvgIpc) is 3.04. The molecule has 18 heavy (non-hydrogen) atoms. The molecule has 92 valence electrons. The number of hydrogen-bond acceptors (Lipinski definition) is 2. The van der Waals surface area contributed by atoms with E-state index in [4.69, 9.17) is 9.47 Å². The van der Waals surface area contributed by atoms with Gasteiger partial charge in [0.05, 0.1) is 0 Å². The normalized spacial score (nSPS) is 16.7. The molecule has 1 aromatic carbocycles. The summed E-state index contributed by atoms with van der Waals surface area (Å²) < 4.78 is 13.2. The Hall–Kier alpha value is -1.90. The third kappa shape index (κ3) is 1.50. The molecule has 0 aliphatic carbocycles. The van der Waals surface area contributed by atoms with Crippen LogP contribution >= 0.6 is 0 Å². The summed E-state index contributed by atoms with van der Waals surface area (Å²) in [5.41, 5.74) is 3.94. The summed E-state index contributed by atoms with van der Waals surface area (Å²) in [6.45, 7) is 1.49. The molecule has 0 atom stereocenters. The number of aromatic nitrogens is 1. The Morgan fingerprint density at radius 2 is 1.89 bits per heavy atom. The predicted octanol–water partition coefficient (Wildman–Crippen LogP) is 3.22. The van der Waals surface area contributed by atoms with Gasteiger partial charge in [-0.25, -0.2) is 0 Å². The van der Waals surface area contributed by atoms with E-state index in [0.29, 0.717) is 6.79 Å². The molecule has 0 radical (unpaired) electrons. The third-order valence-corrected chi connectivity index (χ3v) is 3.77. The number of fused-ring (bicyclic) bond motifs is 2. The second-order valence-electron chi connectivity index (χ2n) is 4.94. The van der Waals surface area contributed by atoms with Crippen molar-refractivity contribution in [3.8, 4) is 22.6 Å². The molecule has 2 aliphatic heterocycles. The maximum atomic E-state index is 5.43. The van der Waals surface area contributed by atoms with Crippen LogP contribution in [0.4, 0.5) is 0 Å². The van der Waals surface area contributed by atoms with E-state index in [9.17, 15) is 0 Å². The Bertz CT molecular complexity index is 577. The first-order valence-electron chi connectivity index (χ1n) is 6.49. The molecule has 0 fully saturated rings. The molecule has 0 unspecified atom stereocenters. The predicted molar refractivity (Wildman–Crippen MR) is 68.9 cm³/mol. The van der Waals surface area contributed by atoms with Gasteiger partial charge in [0.25, 0.3) is 0 Å². The molecule has 0 amide bonds. The van der Waals surface area contributed by atoms with Gasteiger partial charge in [0.15, 0.2) is 11.5 Å². The number of nitrogens with zero attached hydrogens (tertiary/aromatic N) is 1. The zero-order valence-corrected chi connectivity index (χ0v) is 10.2. The molecule has 2 aliphatic rings. The number of hydrogen-bond donors (Lipinski definition) is 0. The van der Waals surface area contributed by atoms with Crippen LogP contribution in [0.15, 0.2) is 30.5 Å². The first kappa shape index (κ1) is 10.1. The number of aryl methyl sites for hydroxylation is 2. The number of ether oxygens (including phenoxy) is 2. The lowest BCUT2D eigenvalue weighted by Crippen LogP contribution is -2.07. The van der Waals surface area contributed by atoms with Crippen LogP contribution in [0.2, 0.25) is 0 Å². The van der Waals surface area contributed by atoms with Crippen LogP contribution in [-0.2, 0) is 13.0 Å². The van der Waals surface area contributed by atoms with Crippen molar-refractivity contribution in [2.24, 2.45) is 0 Å². The van der Waals surface area contributed by atoms with E-state index in [0.717, 1.165) is 18.0 Å². The molecule has 3 nitrogen and oxygen atoms in total. The molecule has 0 N–H and O–H groups in total. The lowest BCUT2D eigenvalue weighted by molar-refractivity contribution is 0.174. The summed E-state index contributed by atoms with van der Waals surface area (Å²) in [5.74, 6) is 1.71. The minimum Gasteiger partial charge on any atom is -0.454 e. The van der Waals surface area contributed by atoms with Crippen LogP contribution in [-0.4, -0.2) is 11.4 Å². The van der Waals surface area contributed by atoms with Crippen molar-refractivity contribution >= 4 is 0 Å². The second kappa shape index (κ2) is 3.80. The first-order chi connectivity index (χ1) is 8.90. The van der Waals surface area contributed by atoms with E-state index in [1.54, 1.807) is 0 Å². The lowest BCUT2D eigenvalue weighted by atomic mass is 10.1. The fraction of sp³-hybridized carbons (Fsp3) is 0.333. The van der Waals surface area contributed by atoms with Gasteiger partial charge in [-0.15, -0.1) is 0 Å². The SMILES string of the molecule is c1cc2c(cc1-c1cc3n(c1)CCCC3)OCO2. The molecule has 0 spiro atoms. The van der Waals surface area contributed by atoms with Gasteiger partial charge in [-0.3, -0.25) is 0 Å². The van der Waals surface area contributed by atoms with Crippen molar-refractivity contribution in [2.75, 3.05) is 6.79 Å². The Kier molecular flexibility index (Phi) is 2.13. The fourth-order valence-electron chi connectivity index (χ4n) is 2.80. The smallest absolute Gasteiger partial charge is 0.231 e. The van der Waals surface area contributed by atoms with Crippen molar-refractivity contribution in [1.29, 1.82) is 0 Å². The zero-order valence-electron chi connectivity index (χ0n) is 10.2. The minimum atomic E-state index is 0.338. The van der Waals surface area contributed by atoms with E-state index >= 15 is 0 Å². The highest BCUT2D eigenvalue weighted by Crippen LogP contribution is 2.36. The Labute approximate surface area is 106 Å². The van der Waals surface area contributed by atoms with Crippen LogP contribution in [0, 0.1) is 0 Å². The number of rotatable bonds is 1. The third-order valence-electron chi connectivity index (χ3n) is 3.77. The van der Waals surface area contributed by atoms with Gasteiger partial charge in [0, 0.05) is 18.4 Å². The molecule has 4 rings (SSSR count). The summed E-state index contributed by atoms with van der Waals surface area (Å²) >= 11 is 0. The topological polar surface area (TPSA) is 23.4 Å². The van der Waals surface area contributed by atoms with Crippen LogP contribution in [0.3, 0.4) is 0 Å². The van der Waals surface area contributed by atoms with Gasteiger partial charge in [0.2, 0.25) is 6.79 Å². The molecule has 3 heteroatoms.